The fourth-order valence-corrected chi connectivity index (χ4v) is 2.34. The Hall–Kier alpha value is -3.09. The van der Waals surface area contributed by atoms with Gasteiger partial charge in [0.2, 0.25) is 0 Å². The van der Waals surface area contributed by atoms with Crippen LogP contribution in [0, 0.1) is 5.82 Å². The van der Waals surface area contributed by atoms with E-state index in [0.717, 1.165) is 0 Å². The number of hydrogen-bond donors (Lipinski definition) is 1. The van der Waals surface area contributed by atoms with Gasteiger partial charge in [-0.3, -0.25) is 4.79 Å². The Kier molecular flexibility index (Phi) is 5.13. The molecule has 25 heavy (non-hydrogen) atoms. The first-order valence-electron chi connectivity index (χ1n) is 7.93. The molecule has 0 saturated carbocycles. The highest BCUT2D eigenvalue weighted by Crippen LogP contribution is 2.19. The molecule has 0 bridgehead atoms. The number of furan rings is 1. The van der Waals surface area contributed by atoms with Gasteiger partial charge >= 0.3 is 0 Å². The van der Waals surface area contributed by atoms with Crippen LogP contribution in [0.1, 0.15) is 19.1 Å². The maximum Gasteiger partial charge on any atom is 0.266 e. The number of nitrogens with zero attached hydrogens (tertiary/aromatic N) is 2. The van der Waals surface area contributed by atoms with Crippen LogP contribution in [0.5, 0.6) is 5.75 Å². The summed E-state index contributed by atoms with van der Waals surface area (Å²) in [5.41, 5.74) is 0. The van der Waals surface area contributed by atoms with Crippen LogP contribution in [0.2, 0.25) is 0 Å². The first kappa shape index (κ1) is 16.8. The second-order valence-corrected chi connectivity index (χ2v) is 5.39. The molecule has 0 saturated heterocycles. The minimum atomic E-state index is -0.816. The van der Waals surface area contributed by atoms with E-state index in [-0.39, 0.29) is 11.7 Å². The largest absolute Gasteiger partial charge is 0.478 e. The number of amides is 1. The van der Waals surface area contributed by atoms with Crippen LogP contribution in [-0.4, -0.2) is 21.8 Å². The Balaban J connectivity index is 1.68. The maximum atomic E-state index is 13.7. The summed E-state index contributed by atoms with van der Waals surface area (Å²) in [4.78, 5) is 12.5. The predicted octanol–water partition coefficient (Wildman–Crippen LogP) is 3.46. The molecule has 3 rings (SSSR count). The number of benzene rings is 1. The third kappa shape index (κ3) is 4.06. The SMILES string of the molecule is CC[C@H](Oc1ccccc1F)C(=O)Nc1ccnn1Cc1ccco1. The molecule has 0 fully saturated rings. The van der Waals surface area contributed by atoms with E-state index < -0.39 is 11.9 Å². The van der Waals surface area contributed by atoms with Crippen molar-refractivity contribution in [3.63, 3.8) is 0 Å². The average Bonchev–Trinajstić information content (AvgIpc) is 3.27. The second-order valence-electron chi connectivity index (χ2n) is 5.39. The molecule has 0 aliphatic rings. The van der Waals surface area contributed by atoms with Gasteiger partial charge in [-0.25, -0.2) is 9.07 Å². The van der Waals surface area contributed by atoms with Crippen LogP contribution < -0.4 is 10.1 Å². The molecule has 3 aromatic rings. The topological polar surface area (TPSA) is 69.3 Å². The number of carbonyl (C=O) groups is 1. The van der Waals surface area contributed by atoms with Crippen LogP contribution >= 0.6 is 0 Å². The Labute approximate surface area is 144 Å². The Morgan fingerprint density at radius 2 is 2.16 bits per heavy atom. The lowest BCUT2D eigenvalue weighted by Gasteiger charge is -2.18. The summed E-state index contributed by atoms with van der Waals surface area (Å²) in [6, 6.07) is 11.3. The van der Waals surface area contributed by atoms with Crippen LogP contribution in [-0.2, 0) is 11.3 Å². The summed E-state index contributed by atoms with van der Waals surface area (Å²) in [6.07, 6.45) is 2.74. The van der Waals surface area contributed by atoms with E-state index in [9.17, 15) is 9.18 Å². The molecular weight excluding hydrogens is 325 g/mol. The molecule has 0 aliphatic heterocycles. The fourth-order valence-electron chi connectivity index (χ4n) is 2.34. The van der Waals surface area contributed by atoms with Crippen LogP contribution in [0.15, 0.2) is 59.3 Å². The molecule has 1 aromatic carbocycles. The number of halogens is 1. The van der Waals surface area contributed by atoms with Crippen molar-refractivity contribution in [1.82, 2.24) is 9.78 Å². The normalized spacial score (nSPS) is 11.9. The summed E-state index contributed by atoms with van der Waals surface area (Å²) < 4.78 is 26.1. The van der Waals surface area contributed by atoms with Crippen molar-refractivity contribution < 1.29 is 18.3 Å². The van der Waals surface area contributed by atoms with Gasteiger partial charge in [0.15, 0.2) is 17.7 Å². The standard InChI is InChI=1S/C18H18FN3O3/c1-2-15(25-16-8-4-3-7-14(16)19)18(23)21-17-9-10-20-22(17)12-13-6-5-11-24-13/h3-11,15H,2,12H2,1H3,(H,21,23)/t15-/m0/s1. The lowest BCUT2D eigenvalue weighted by molar-refractivity contribution is -0.123. The number of rotatable bonds is 7. The van der Waals surface area contributed by atoms with E-state index in [1.54, 1.807) is 48.3 Å². The smallest absolute Gasteiger partial charge is 0.266 e. The van der Waals surface area contributed by atoms with Gasteiger partial charge in [-0.1, -0.05) is 19.1 Å². The van der Waals surface area contributed by atoms with Gasteiger partial charge in [-0.2, -0.15) is 5.10 Å². The van der Waals surface area contributed by atoms with Crippen LogP contribution in [0.3, 0.4) is 0 Å². The van der Waals surface area contributed by atoms with Gasteiger partial charge in [0.05, 0.1) is 12.5 Å². The fraction of sp³-hybridized carbons (Fsp3) is 0.222. The Morgan fingerprint density at radius 3 is 2.88 bits per heavy atom. The lowest BCUT2D eigenvalue weighted by Crippen LogP contribution is -2.33. The first-order valence-corrected chi connectivity index (χ1v) is 7.93. The number of carbonyl (C=O) groups excluding carboxylic acids is 1. The molecule has 0 radical (unpaired) electrons. The summed E-state index contributed by atoms with van der Waals surface area (Å²) >= 11 is 0. The van der Waals surface area contributed by atoms with Gasteiger partial charge in [-0.15, -0.1) is 0 Å². The molecule has 1 atom stereocenters. The zero-order valence-corrected chi connectivity index (χ0v) is 13.7. The van der Waals surface area contributed by atoms with Gasteiger partial charge in [0.1, 0.15) is 18.1 Å². The van der Waals surface area contributed by atoms with Crippen molar-refractivity contribution in [2.45, 2.75) is 26.0 Å². The highest BCUT2D eigenvalue weighted by atomic mass is 19.1. The van der Waals surface area contributed by atoms with E-state index in [1.807, 2.05) is 6.07 Å². The molecule has 2 aromatic heterocycles. The molecule has 1 amide bonds. The highest BCUT2D eigenvalue weighted by Gasteiger charge is 2.21. The van der Waals surface area contributed by atoms with Gasteiger partial charge in [0.25, 0.3) is 5.91 Å². The Morgan fingerprint density at radius 1 is 1.32 bits per heavy atom. The molecule has 0 aliphatic carbocycles. The summed E-state index contributed by atoms with van der Waals surface area (Å²) in [7, 11) is 0. The third-order valence-electron chi connectivity index (χ3n) is 3.62. The molecule has 7 heteroatoms. The quantitative estimate of drug-likeness (QED) is 0.713. The van der Waals surface area contributed by atoms with Crippen LogP contribution in [0.25, 0.3) is 0 Å². The zero-order valence-electron chi connectivity index (χ0n) is 13.7. The van der Waals surface area contributed by atoms with Crippen LogP contribution in [0.4, 0.5) is 10.2 Å². The highest BCUT2D eigenvalue weighted by molar-refractivity contribution is 5.93. The second kappa shape index (κ2) is 7.65. The monoisotopic (exact) mass is 343 g/mol. The molecule has 6 nitrogen and oxygen atoms in total. The van der Waals surface area contributed by atoms with E-state index in [2.05, 4.69) is 10.4 Å². The maximum absolute atomic E-state index is 13.7. The number of para-hydroxylation sites is 1. The van der Waals surface area contributed by atoms with E-state index in [1.165, 1.54) is 12.1 Å². The van der Waals surface area contributed by atoms with Gasteiger partial charge in [0, 0.05) is 6.07 Å². The molecule has 130 valence electrons. The Bertz CT molecular complexity index is 830. The lowest BCUT2D eigenvalue weighted by atomic mass is 10.2. The molecular formula is C18H18FN3O3. The summed E-state index contributed by atoms with van der Waals surface area (Å²) in [5.74, 6) is 0.406. The van der Waals surface area contributed by atoms with E-state index in [0.29, 0.717) is 24.5 Å². The number of anilines is 1. The minimum Gasteiger partial charge on any atom is -0.478 e. The van der Waals surface area contributed by atoms with Crippen molar-refractivity contribution in [2.24, 2.45) is 0 Å². The number of nitrogens with one attached hydrogen (secondary N) is 1. The van der Waals surface area contributed by atoms with Gasteiger partial charge in [-0.05, 0) is 30.7 Å². The first-order chi connectivity index (χ1) is 12.2. The molecule has 0 spiro atoms. The van der Waals surface area contributed by atoms with Gasteiger partial charge < -0.3 is 14.5 Å². The molecule has 1 N–H and O–H groups in total. The van der Waals surface area contributed by atoms with E-state index >= 15 is 0 Å². The number of hydrogen-bond acceptors (Lipinski definition) is 4. The zero-order chi connectivity index (χ0) is 17.6. The van der Waals surface area contributed by atoms with Crippen molar-refractivity contribution in [1.29, 1.82) is 0 Å². The average molecular weight is 343 g/mol. The molecule has 0 unspecified atom stereocenters. The molecule has 2 heterocycles. The number of ether oxygens (including phenoxy) is 1. The third-order valence-corrected chi connectivity index (χ3v) is 3.62. The predicted molar refractivity (Wildman–Crippen MR) is 89.8 cm³/mol. The summed E-state index contributed by atoms with van der Waals surface area (Å²) in [6.45, 7) is 2.19. The van der Waals surface area contributed by atoms with E-state index in [4.69, 9.17) is 9.15 Å². The summed E-state index contributed by atoms with van der Waals surface area (Å²) in [5, 5.41) is 6.93. The van der Waals surface area contributed by atoms with Crippen molar-refractivity contribution in [3.05, 3.63) is 66.5 Å². The van der Waals surface area contributed by atoms with Crippen molar-refractivity contribution >= 4 is 11.7 Å². The van der Waals surface area contributed by atoms with Crippen molar-refractivity contribution in [2.75, 3.05) is 5.32 Å². The number of aromatic nitrogens is 2. The van der Waals surface area contributed by atoms with Crippen molar-refractivity contribution in [3.8, 4) is 5.75 Å². The minimum absolute atomic E-state index is 0.0496.